The number of hydrogen-bond donors (Lipinski definition) is 0. The quantitative estimate of drug-likeness (QED) is 0.580. The number of aromatic nitrogens is 3. The molecule has 0 bridgehead atoms. The Bertz CT molecular complexity index is 692. The predicted octanol–water partition coefficient (Wildman–Crippen LogP) is 2.85. The monoisotopic (exact) mass is 315 g/mol. The first-order valence-corrected chi connectivity index (χ1v) is 7.74. The van der Waals surface area contributed by atoms with E-state index in [-0.39, 0.29) is 5.97 Å². The molecule has 0 spiro atoms. The summed E-state index contributed by atoms with van der Waals surface area (Å²) in [6.07, 6.45) is 2.15. The van der Waals surface area contributed by atoms with Gasteiger partial charge in [0.1, 0.15) is 5.69 Å². The van der Waals surface area contributed by atoms with Crippen molar-refractivity contribution in [1.82, 2.24) is 15.0 Å². The lowest BCUT2D eigenvalue weighted by molar-refractivity contribution is 0.0505. The molecular formula is C17H21N3O3. The molecule has 0 amide bonds. The van der Waals surface area contributed by atoms with Gasteiger partial charge in [-0.1, -0.05) is 32.1 Å². The summed E-state index contributed by atoms with van der Waals surface area (Å²) in [4.78, 5) is 23.1. The Morgan fingerprint density at radius 1 is 1.39 bits per heavy atom. The maximum absolute atomic E-state index is 12.0. The minimum atomic E-state index is -0.366. The van der Waals surface area contributed by atoms with Gasteiger partial charge in [0.2, 0.25) is 0 Å². The largest absolute Gasteiger partial charge is 0.462 e. The van der Waals surface area contributed by atoms with Crippen LogP contribution >= 0.6 is 0 Å². The van der Waals surface area contributed by atoms with Crippen molar-refractivity contribution >= 4 is 12.3 Å². The van der Waals surface area contributed by atoms with Gasteiger partial charge in [0, 0.05) is 0 Å². The van der Waals surface area contributed by atoms with Crippen LogP contribution in [0.1, 0.15) is 53.7 Å². The smallest absolute Gasteiger partial charge is 0.338 e. The van der Waals surface area contributed by atoms with Crippen molar-refractivity contribution < 1.29 is 14.3 Å². The summed E-state index contributed by atoms with van der Waals surface area (Å²) in [5, 5.41) is 7.97. The van der Waals surface area contributed by atoms with Gasteiger partial charge in [0.05, 0.1) is 23.6 Å². The zero-order chi connectivity index (χ0) is 16.8. The molecule has 0 saturated heterocycles. The minimum absolute atomic E-state index is 0.331. The summed E-state index contributed by atoms with van der Waals surface area (Å²) in [7, 11) is 0. The highest BCUT2D eigenvalue weighted by molar-refractivity contribution is 5.90. The Hall–Kier alpha value is -2.50. The SMILES string of the molecule is CCCOC(=O)c1cccc(-n2nnc(C=O)c2CC(C)C)c1. The molecule has 0 aliphatic carbocycles. The molecule has 23 heavy (non-hydrogen) atoms. The van der Waals surface area contributed by atoms with Gasteiger partial charge in [-0.15, -0.1) is 5.10 Å². The lowest BCUT2D eigenvalue weighted by atomic mass is 10.1. The third-order valence-electron chi connectivity index (χ3n) is 3.27. The molecule has 0 unspecified atom stereocenters. The van der Waals surface area contributed by atoms with Crippen LogP contribution in [0.3, 0.4) is 0 Å². The first-order valence-electron chi connectivity index (χ1n) is 7.74. The molecule has 2 rings (SSSR count). The fraction of sp³-hybridized carbons (Fsp3) is 0.412. The van der Waals surface area contributed by atoms with E-state index in [1.54, 1.807) is 22.9 Å². The third-order valence-corrected chi connectivity index (χ3v) is 3.27. The molecule has 0 aliphatic heterocycles. The standard InChI is InChI=1S/C17H21N3O3/c1-4-8-23-17(22)13-6-5-7-14(10-13)20-16(9-12(2)3)15(11-21)18-19-20/h5-7,10-12H,4,8-9H2,1-3H3. The van der Waals surface area contributed by atoms with Crippen molar-refractivity contribution in [2.75, 3.05) is 6.61 Å². The number of carbonyl (C=O) groups excluding carboxylic acids is 2. The third kappa shape index (κ3) is 4.03. The van der Waals surface area contributed by atoms with Gasteiger partial charge in [-0.3, -0.25) is 4.79 Å². The molecule has 122 valence electrons. The zero-order valence-corrected chi connectivity index (χ0v) is 13.7. The van der Waals surface area contributed by atoms with Crippen LogP contribution in [0.4, 0.5) is 0 Å². The molecule has 0 atom stereocenters. The van der Waals surface area contributed by atoms with Crippen LogP contribution in [-0.2, 0) is 11.2 Å². The van der Waals surface area contributed by atoms with E-state index >= 15 is 0 Å². The van der Waals surface area contributed by atoms with Gasteiger partial charge in [-0.05, 0) is 37.0 Å². The van der Waals surface area contributed by atoms with E-state index < -0.39 is 0 Å². The van der Waals surface area contributed by atoms with Crippen molar-refractivity contribution in [3.05, 3.63) is 41.2 Å². The van der Waals surface area contributed by atoms with E-state index in [2.05, 4.69) is 24.2 Å². The molecule has 0 fully saturated rings. The summed E-state index contributed by atoms with van der Waals surface area (Å²) < 4.78 is 6.76. The highest BCUT2D eigenvalue weighted by Gasteiger charge is 2.16. The number of aldehydes is 1. The second-order valence-corrected chi connectivity index (χ2v) is 5.74. The van der Waals surface area contributed by atoms with Crippen LogP contribution < -0.4 is 0 Å². The van der Waals surface area contributed by atoms with Gasteiger partial charge >= 0.3 is 5.97 Å². The summed E-state index contributed by atoms with van der Waals surface area (Å²) in [5.74, 6) is -0.0153. The fourth-order valence-corrected chi connectivity index (χ4v) is 2.23. The van der Waals surface area contributed by atoms with E-state index in [1.807, 2.05) is 13.0 Å². The molecule has 1 aromatic heterocycles. The molecule has 1 aromatic carbocycles. The Morgan fingerprint density at radius 3 is 2.83 bits per heavy atom. The number of ether oxygens (including phenoxy) is 1. The molecule has 0 radical (unpaired) electrons. The predicted molar refractivity (Wildman–Crippen MR) is 85.9 cm³/mol. The Kier molecular flexibility index (Phi) is 5.62. The van der Waals surface area contributed by atoms with Crippen molar-refractivity contribution in [1.29, 1.82) is 0 Å². The number of nitrogens with zero attached hydrogens (tertiary/aromatic N) is 3. The maximum Gasteiger partial charge on any atom is 0.338 e. The fourth-order valence-electron chi connectivity index (χ4n) is 2.23. The highest BCUT2D eigenvalue weighted by Crippen LogP contribution is 2.17. The van der Waals surface area contributed by atoms with E-state index in [0.29, 0.717) is 42.2 Å². The topological polar surface area (TPSA) is 74.1 Å². The second kappa shape index (κ2) is 7.67. The van der Waals surface area contributed by atoms with Gasteiger partial charge in [-0.2, -0.15) is 0 Å². The van der Waals surface area contributed by atoms with Crippen molar-refractivity contribution in [2.24, 2.45) is 5.92 Å². The summed E-state index contributed by atoms with van der Waals surface area (Å²) in [6, 6.07) is 6.98. The average molecular weight is 315 g/mol. The number of hydrogen-bond acceptors (Lipinski definition) is 5. The van der Waals surface area contributed by atoms with Crippen LogP contribution in [0.5, 0.6) is 0 Å². The van der Waals surface area contributed by atoms with Crippen LogP contribution in [0.15, 0.2) is 24.3 Å². The highest BCUT2D eigenvalue weighted by atomic mass is 16.5. The summed E-state index contributed by atoms with van der Waals surface area (Å²) in [5.41, 5.74) is 2.22. The second-order valence-electron chi connectivity index (χ2n) is 5.74. The van der Waals surface area contributed by atoms with Gasteiger partial charge < -0.3 is 4.74 Å². The number of carbonyl (C=O) groups is 2. The van der Waals surface area contributed by atoms with Crippen molar-refractivity contribution in [3.8, 4) is 5.69 Å². The minimum Gasteiger partial charge on any atom is -0.462 e. The Balaban J connectivity index is 2.37. The molecule has 0 aliphatic rings. The molecule has 6 nitrogen and oxygen atoms in total. The summed E-state index contributed by atoms with van der Waals surface area (Å²) >= 11 is 0. The molecule has 2 aromatic rings. The van der Waals surface area contributed by atoms with Gasteiger partial charge in [0.25, 0.3) is 0 Å². The van der Waals surface area contributed by atoms with Crippen LogP contribution in [-0.4, -0.2) is 33.9 Å². The normalized spacial score (nSPS) is 10.8. The molecule has 6 heteroatoms. The molecule has 1 heterocycles. The van der Waals surface area contributed by atoms with Crippen LogP contribution in [0, 0.1) is 5.92 Å². The van der Waals surface area contributed by atoms with Crippen LogP contribution in [0.2, 0.25) is 0 Å². The molecule has 0 N–H and O–H groups in total. The summed E-state index contributed by atoms with van der Waals surface area (Å²) in [6.45, 7) is 6.45. The number of esters is 1. The van der Waals surface area contributed by atoms with E-state index in [9.17, 15) is 9.59 Å². The number of benzene rings is 1. The van der Waals surface area contributed by atoms with Gasteiger partial charge in [0.15, 0.2) is 6.29 Å². The van der Waals surface area contributed by atoms with E-state index in [4.69, 9.17) is 4.74 Å². The van der Waals surface area contributed by atoms with Crippen molar-refractivity contribution in [2.45, 2.75) is 33.6 Å². The molecular weight excluding hydrogens is 294 g/mol. The number of rotatable bonds is 7. The van der Waals surface area contributed by atoms with Crippen LogP contribution in [0.25, 0.3) is 5.69 Å². The first kappa shape index (κ1) is 16.9. The lowest BCUT2D eigenvalue weighted by Gasteiger charge is -2.10. The zero-order valence-electron chi connectivity index (χ0n) is 13.7. The van der Waals surface area contributed by atoms with E-state index in [0.717, 1.165) is 12.1 Å². The van der Waals surface area contributed by atoms with Crippen molar-refractivity contribution in [3.63, 3.8) is 0 Å². The Labute approximate surface area is 135 Å². The van der Waals surface area contributed by atoms with Gasteiger partial charge in [-0.25, -0.2) is 9.48 Å². The first-order chi connectivity index (χ1) is 11.1. The maximum atomic E-state index is 12.0. The average Bonchev–Trinajstić information content (AvgIpc) is 2.94. The molecule has 0 saturated carbocycles. The Morgan fingerprint density at radius 2 is 2.17 bits per heavy atom. The van der Waals surface area contributed by atoms with E-state index in [1.165, 1.54) is 0 Å². The lowest BCUT2D eigenvalue weighted by Crippen LogP contribution is -2.10.